The zero-order valence-corrected chi connectivity index (χ0v) is 23.5. The predicted octanol–water partition coefficient (Wildman–Crippen LogP) is 7.47. The van der Waals surface area contributed by atoms with Crippen molar-refractivity contribution >= 4 is 64.4 Å². The summed E-state index contributed by atoms with van der Waals surface area (Å²) < 4.78 is 11.6. The lowest BCUT2D eigenvalue weighted by molar-refractivity contribution is -0.122. The standard InChI is InChI=1S/C31H21Cl3N2O5/c32-22-6-1-20(2-7-22)17-40-25-11-3-19(4-12-25)15-27-29(37)35-31(39)36(30(27)38)24-9-13-26(14-10-24)41-18-21-5-8-23(33)16-28(21)34/h1-16H,17-18H2,(H,35,37,39)/b27-15+. The van der Waals surface area contributed by atoms with Gasteiger partial charge in [0.1, 0.15) is 30.3 Å². The van der Waals surface area contributed by atoms with Crippen molar-refractivity contribution in [2.75, 3.05) is 4.90 Å². The summed E-state index contributed by atoms with van der Waals surface area (Å²) in [6, 6.07) is 24.8. The Kier molecular flexibility index (Phi) is 8.59. The summed E-state index contributed by atoms with van der Waals surface area (Å²) in [5.41, 5.74) is 2.38. The summed E-state index contributed by atoms with van der Waals surface area (Å²) in [4.78, 5) is 39.3. The molecule has 0 aromatic heterocycles. The summed E-state index contributed by atoms with van der Waals surface area (Å²) in [5, 5.41) is 3.87. The van der Waals surface area contributed by atoms with Gasteiger partial charge in [-0.1, -0.05) is 65.1 Å². The van der Waals surface area contributed by atoms with Crippen LogP contribution in [-0.4, -0.2) is 17.8 Å². The number of hydrogen-bond acceptors (Lipinski definition) is 5. The summed E-state index contributed by atoms with van der Waals surface area (Å²) in [5.74, 6) is -0.420. The number of halogens is 3. The maximum Gasteiger partial charge on any atom is 0.335 e. The Balaban J connectivity index is 1.26. The molecule has 4 aromatic rings. The molecule has 1 heterocycles. The number of barbiturate groups is 1. The number of urea groups is 1. The molecule has 5 rings (SSSR count). The van der Waals surface area contributed by atoms with Crippen molar-refractivity contribution in [2.24, 2.45) is 0 Å². The first kappa shape index (κ1) is 28.2. The molecule has 1 fully saturated rings. The van der Waals surface area contributed by atoms with Crippen LogP contribution >= 0.6 is 34.8 Å². The van der Waals surface area contributed by atoms with Crippen molar-refractivity contribution in [2.45, 2.75) is 13.2 Å². The van der Waals surface area contributed by atoms with E-state index in [1.54, 1.807) is 78.9 Å². The molecule has 0 radical (unpaired) electrons. The number of benzene rings is 4. The lowest BCUT2D eigenvalue weighted by atomic mass is 10.1. The average molecular weight is 608 g/mol. The van der Waals surface area contributed by atoms with Crippen LogP contribution in [0, 0.1) is 0 Å². The second kappa shape index (κ2) is 12.5. The minimum absolute atomic E-state index is 0.183. The van der Waals surface area contributed by atoms with E-state index in [1.807, 2.05) is 12.1 Å². The summed E-state index contributed by atoms with van der Waals surface area (Å²) >= 11 is 18.0. The van der Waals surface area contributed by atoms with Crippen LogP contribution in [0.15, 0.2) is 96.6 Å². The Morgan fingerprint density at radius 1 is 0.707 bits per heavy atom. The van der Waals surface area contributed by atoms with E-state index in [0.29, 0.717) is 38.7 Å². The number of anilines is 1. The van der Waals surface area contributed by atoms with Crippen LogP contribution in [0.1, 0.15) is 16.7 Å². The first-order valence-corrected chi connectivity index (χ1v) is 13.5. The quantitative estimate of drug-likeness (QED) is 0.166. The Morgan fingerprint density at radius 3 is 1.98 bits per heavy atom. The fourth-order valence-corrected chi connectivity index (χ4v) is 4.55. The van der Waals surface area contributed by atoms with Crippen LogP contribution in [-0.2, 0) is 22.8 Å². The molecular formula is C31H21Cl3N2O5. The number of hydrogen-bond donors (Lipinski definition) is 1. The number of carbonyl (C=O) groups excluding carboxylic acids is 3. The fourth-order valence-electron chi connectivity index (χ4n) is 3.96. The van der Waals surface area contributed by atoms with Gasteiger partial charge in [0.05, 0.1) is 5.69 Å². The van der Waals surface area contributed by atoms with Crippen molar-refractivity contribution in [1.29, 1.82) is 0 Å². The van der Waals surface area contributed by atoms with E-state index >= 15 is 0 Å². The van der Waals surface area contributed by atoms with E-state index in [9.17, 15) is 14.4 Å². The minimum Gasteiger partial charge on any atom is -0.489 e. The zero-order valence-electron chi connectivity index (χ0n) is 21.3. The highest BCUT2D eigenvalue weighted by molar-refractivity contribution is 6.39. The third kappa shape index (κ3) is 6.89. The predicted molar refractivity (Wildman–Crippen MR) is 158 cm³/mol. The molecule has 0 saturated carbocycles. The van der Waals surface area contributed by atoms with Crippen molar-refractivity contribution in [3.05, 3.63) is 128 Å². The van der Waals surface area contributed by atoms with Crippen molar-refractivity contribution in [1.82, 2.24) is 5.32 Å². The average Bonchev–Trinajstić information content (AvgIpc) is 2.96. The molecule has 206 valence electrons. The normalized spacial score (nSPS) is 14.3. The monoisotopic (exact) mass is 606 g/mol. The van der Waals surface area contributed by atoms with Crippen LogP contribution in [0.3, 0.4) is 0 Å². The zero-order chi connectivity index (χ0) is 28.9. The van der Waals surface area contributed by atoms with Gasteiger partial charge in [0.25, 0.3) is 11.8 Å². The third-order valence-electron chi connectivity index (χ3n) is 6.12. The molecule has 10 heteroatoms. The van der Waals surface area contributed by atoms with Gasteiger partial charge in [0.2, 0.25) is 0 Å². The number of nitrogens with zero attached hydrogens (tertiary/aromatic N) is 1. The molecule has 0 spiro atoms. The van der Waals surface area contributed by atoms with Crippen LogP contribution in [0.5, 0.6) is 11.5 Å². The first-order valence-electron chi connectivity index (χ1n) is 12.3. The van der Waals surface area contributed by atoms with Crippen molar-refractivity contribution in [3.63, 3.8) is 0 Å². The lowest BCUT2D eigenvalue weighted by Crippen LogP contribution is -2.54. The van der Waals surface area contributed by atoms with Gasteiger partial charge in [0, 0.05) is 20.6 Å². The molecule has 0 unspecified atom stereocenters. The molecular weight excluding hydrogens is 587 g/mol. The van der Waals surface area contributed by atoms with Crippen LogP contribution in [0.2, 0.25) is 15.1 Å². The highest BCUT2D eigenvalue weighted by Crippen LogP contribution is 2.27. The van der Waals surface area contributed by atoms with Gasteiger partial charge in [-0.05, 0) is 77.9 Å². The first-order chi connectivity index (χ1) is 19.8. The van der Waals surface area contributed by atoms with Crippen molar-refractivity contribution < 1.29 is 23.9 Å². The number of ether oxygens (including phenoxy) is 2. The van der Waals surface area contributed by atoms with Gasteiger partial charge in [-0.3, -0.25) is 14.9 Å². The maximum absolute atomic E-state index is 13.2. The van der Waals surface area contributed by atoms with Gasteiger partial charge in [-0.25, -0.2) is 9.69 Å². The topological polar surface area (TPSA) is 84.9 Å². The van der Waals surface area contributed by atoms with Gasteiger partial charge in [0.15, 0.2) is 0 Å². The molecule has 4 aromatic carbocycles. The molecule has 41 heavy (non-hydrogen) atoms. The third-order valence-corrected chi connectivity index (χ3v) is 6.95. The SMILES string of the molecule is O=C1NC(=O)N(c2ccc(OCc3ccc(Cl)cc3Cl)cc2)C(=O)/C1=C/c1ccc(OCc2ccc(Cl)cc2)cc1. The highest BCUT2D eigenvalue weighted by Gasteiger charge is 2.36. The Hall–Kier alpha value is -4.30. The summed E-state index contributed by atoms with van der Waals surface area (Å²) in [6.07, 6.45) is 1.42. The maximum atomic E-state index is 13.2. The number of amides is 4. The van der Waals surface area contributed by atoms with Crippen LogP contribution in [0.25, 0.3) is 6.08 Å². The number of carbonyl (C=O) groups is 3. The van der Waals surface area contributed by atoms with E-state index < -0.39 is 17.8 Å². The van der Waals surface area contributed by atoms with Crippen molar-refractivity contribution in [3.8, 4) is 11.5 Å². The van der Waals surface area contributed by atoms with Gasteiger partial charge in [-0.15, -0.1) is 0 Å². The molecule has 0 bridgehead atoms. The molecule has 1 aliphatic heterocycles. The number of rotatable bonds is 8. The van der Waals surface area contributed by atoms with E-state index in [0.717, 1.165) is 16.0 Å². The van der Waals surface area contributed by atoms with Gasteiger partial charge in [-0.2, -0.15) is 0 Å². The van der Waals surface area contributed by atoms with E-state index in [-0.39, 0.29) is 17.9 Å². The highest BCUT2D eigenvalue weighted by atomic mass is 35.5. The second-order valence-corrected chi connectivity index (χ2v) is 10.2. The Labute approximate surface area is 250 Å². The smallest absolute Gasteiger partial charge is 0.335 e. The van der Waals surface area contributed by atoms with E-state index in [4.69, 9.17) is 44.3 Å². The summed E-state index contributed by atoms with van der Waals surface area (Å²) in [6.45, 7) is 0.555. The van der Waals surface area contributed by atoms with Gasteiger partial charge < -0.3 is 9.47 Å². The van der Waals surface area contributed by atoms with E-state index in [1.165, 1.54) is 6.08 Å². The molecule has 1 saturated heterocycles. The van der Waals surface area contributed by atoms with Crippen LogP contribution < -0.4 is 19.7 Å². The molecule has 7 nitrogen and oxygen atoms in total. The molecule has 4 amide bonds. The molecule has 0 atom stereocenters. The Bertz CT molecular complexity index is 1640. The minimum atomic E-state index is -0.843. The lowest BCUT2D eigenvalue weighted by Gasteiger charge is -2.26. The van der Waals surface area contributed by atoms with E-state index in [2.05, 4.69) is 5.32 Å². The Morgan fingerprint density at radius 2 is 1.32 bits per heavy atom. The van der Waals surface area contributed by atoms with Crippen LogP contribution in [0.4, 0.5) is 10.5 Å². The summed E-state index contributed by atoms with van der Waals surface area (Å²) in [7, 11) is 0. The number of nitrogens with one attached hydrogen (secondary N) is 1. The number of imide groups is 2. The molecule has 1 aliphatic rings. The molecule has 1 N–H and O–H groups in total. The fraction of sp³-hybridized carbons (Fsp3) is 0.0645. The molecule has 0 aliphatic carbocycles. The second-order valence-electron chi connectivity index (χ2n) is 8.96. The largest absolute Gasteiger partial charge is 0.489 e. The van der Waals surface area contributed by atoms with Gasteiger partial charge >= 0.3 is 6.03 Å².